The van der Waals surface area contributed by atoms with E-state index in [1.54, 1.807) is 19.1 Å². The molecule has 0 aromatic heterocycles. The summed E-state index contributed by atoms with van der Waals surface area (Å²) in [4.78, 5) is 0. The van der Waals surface area contributed by atoms with Crippen molar-refractivity contribution in [2.24, 2.45) is 0 Å². The molecule has 0 saturated carbocycles. The molecule has 4 heteroatoms. The molecule has 0 saturated heterocycles. The SMILES string of the molecule is CC(=S)OCc1ccc(Oc2ccc(Cl)cc2)cc1. The Kier molecular flexibility index (Phi) is 4.77. The first kappa shape index (κ1) is 13.8. The zero-order valence-corrected chi connectivity index (χ0v) is 12.0. The molecule has 0 fully saturated rings. The summed E-state index contributed by atoms with van der Waals surface area (Å²) < 4.78 is 11.0. The third kappa shape index (κ3) is 4.54. The van der Waals surface area contributed by atoms with Crippen molar-refractivity contribution in [2.75, 3.05) is 0 Å². The van der Waals surface area contributed by atoms with Crippen LogP contribution in [0.25, 0.3) is 0 Å². The summed E-state index contributed by atoms with van der Waals surface area (Å²) in [6, 6.07) is 14.9. The van der Waals surface area contributed by atoms with Crippen molar-refractivity contribution in [1.29, 1.82) is 0 Å². The number of halogens is 1. The lowest BCUT2D eigenvalue weighted by Crippen LogP contribution is -1.96. The van der Waals surface area contributed by atoms with Crippen molar-refractivity contribution in [2.45, 2.75) is 13.5 Å². The highest BCUT2D eigenvalue weighted by molar-refractivity contribution is 7.80. The van der Waals surface area contributed by atoms with Gasteiger partial charge in [0.1, 0.15) is 18.1 Å². The van der Waals surface area contributed by atoms with Gasteiger partial charge >= 0.3 is 0 Å². The van der Waals surface area contributed by atoms with Gasteiger partial charge < -0.3 is 9.47 Å². The highest BCUT2D eigenvalue weighted by atomic mass is 35.5. The molecule has 0 aliphatic heterocycles. The molecule has 0 heterocycles. The minimum atomic E-state index is 0.483. The second-order valence-electron chi connectivity index (χ2n) is 3.98. The van der Waals surface area contributed by atoms with Crippen LogP contribution in [0.4, 0.5) is 0 Å². The van der Waals surface area contributed by atoms with Gasteiger partial charge in [-0.25, -0.2) is 0 Å². The topological polar surface area (TPSA) is 18.5 Å². The first-order valence-corrected chi connectivity index (χ1v) is 6.58. The predicted molar refractivity (Wildman–Crippen MR) is 81.0 cm³/mol. The Morgan fingerprint density at radius 3 is 2.05 bits per heavy atom. The third-order valence-electron chi connectivity index (χ3n) is 2.41. The molecule has 0 radical (unpaired) electrons. The van der Waals surface area contributed by atoms with Crippen molar-refractivity contribution < 1.29 is 9.47 Å². The van der Waals surface area contributed by atoms with E-state index in [0.717, 1.165) is 17.1 Å². The maximum atomic E-state index is 5.82. The number of benzene rings is 2. The van der Waals surface area contributed by atoms with Gasteiger partial charge in [-0.3, -0.25) is 0 Å². The molecule has 19 heavy (non-hydrogen) atoms. The lowest BCUT2D eigenvalue weighted by atomic mass is 10.2. The van der Waals surface area contributed by atoms with Crippen LogP contribution in [-0.2, 0) is 11.3 Å². The number of thiocarbonyl (C=S) groups is 1. The molecule has 0 atom stereocenters. The second kappa shape index (κ2) is 6.55. The largest absolute Gasteiger partial charge is 0.483 e. The first-order chi connectivity index (χ1) is 9.13. The summed E-state index contributed by atoms with van der Waals surface area (Å²) in [5.74, 6) is 1.52. The van der Waals surface area contributed by atoms with Crippen LogP contribution in [0.2, 0.25) is 5.02 Å². The number of ether oxygens (including phenoxy) is 2. The zero-order chi connectivity index (χ0) is 13.7. The molecular weight excluding hydrogens is 280 g/mol. The van der Waals surface area contributed by atoms with Crippen LogP contribution in [0.1, 0.15) is 12.5 Å². The molecule has 2 nitrogen and oxygen atoms in total. The molecule has 0 N–H and O–H groups in total. The molecule has 0 amide bonds. The normalized spacial score (nSPS) is 10.0. The van der Waals surface area contributed by atoms with Gasteiger partial charge in [0.2, 0.25) is 0 Å². The van der Waals surface area contributed by atoms with E-state index in [1.807, 2.05) is 36.4 Å². The summed E-state index contributed by atoms with van der Waals surface area (Å²) in [6.45, 7) is 2.24. The highest BCUT2D eigenvalue weighted by Crippen LogP contribution is 2.23. The molecule has 0 spiro atoms. The lowest BCUT2D eigenvalue weighted by molar-refractivity contribution is 0.298. The monoisotopic (exact) mass is 292 g/mol. The number of hydrogen-bond acceptors (Lipinski definition) is 3. The minimum Gasteiger partial charge on any atom is -0.483 e. The number of hydrogen-bond donors (Lipinski definition) is 0. The van der Waals surface area contributed by atoms with E-state index in [0.29, 0.717) is 16.7 Å². The fraction of sp³-hybridized carbons (Fsp3) is 0.133. The van der Waals surface area contributed by atoms with E-state index in [2.05, 4.69) is 0 Å². The van der Waals surface area contributed by atoms with Gasteiger partial charge in [0.15, 0.2) is 5.05 Å². The van der Waals surface area contributed by atoms with E-state index < -0.39 is 0 Å². The Hall–Kier alpha value is -1.58. The molecule has 2 aromatic carbocycles. The van der Waals surface area contributed by atoms with Gasteiger partial charge in [-0.15, -0.1) is 0 Å². The van der Waals surface area contributed by atoms with Crippen LogP contribution >= 0.6 is 23.8 Å². The molecule has 0 aliphatic rings. The first-order valence-electron chi connectivity index (χ1n) is 5.79. The summed E-state index contributed by atoms with van der Waals surface area (Å²) in [7, 11) is 0. The van der Waals surface area contributed by atoms with Crippen molar-refractivity contribution in [3.05, 3.63) is 59.1 Å². The lowest BCUT2D eigenvalue weighted by Gasteiger charge is -2.07. The van der Waals surface area contributed by atoms with E-state index >= 15 is 0 Å². The summed E-state index contributed by atoms with van der Waals surface area (Å²) in [6.07, 6.45) is 0. The average molecular weight is 293 g/mol. The quantitative estimate of drug-likeness (QED) is 0.739. The van der Waals surface area contributed by atoms with Crippen molar-refractivity contribution in [3.63, 3.8) is 0 Å². The van der Waals surface area contributed by atoms with E-state index in [1.165, 1.54) is 0 Å². The van der Waals surface area contributed by atoms with Crippen LogP contribution in [-0.4, -0.2) is 5.05 Å². The maximum absolute atomic E-state index is 5.82. The molecule has 0 aliphatic carbocycles. The van der Waals surface area contributed by atoms with Crippen LogP contribution in [0.15, 0.2) is 48.5 Å². The third-order valence-corrected chi connectivity index (χ3v) is 2.78. The Balaban J connectivity index is 1.98. The fourth-order valence-corrected chi connectivity index (χ4v) is 1.66. The Morgan fingerprint density at radius 1 is 1.00 bits per heavy atom. The summed E-state index contributed by atoms with van der Waals surface area (Å²) >= 11 is 10.7. The molecule has 2 aromatic rings. The summed E-state index contributed by atoms with van der Waals surface area (Å²) in [5.41, 5.74) is 1.05. The van der Waals surface area contributed by atoms with Gasteiger partial charge in [-0.2, -0.15) is 0 Å². The van der Waals surface area contributed by atoms with E-state index in [9.17, 15) is 0 Å². The average Bonchev–Trinajstić information content (AvgIpc) is 2.40. The Morgan fingerprint density at radius 2 is 1.53 bits per heavy atom. The smallest absolute Gasteiger partial charge is 0.157 e. The molecule has 0 unspecified atom stereocenters. The summed E-state index contributed by atoms with van der Waals surface area (Å²) in [5, 5.41) is 1.23. The van der Waals surface area contributed by atoms with Gasteiger partial charge in [0.05, 0.1) is 0 Å². The maximum Gasteiger partial charge on any atom is 0.157 e. The highest BCUT2D eigenvalue weighted by Gasteiger charge is 1.99. The van der Waals surface area contributed by atoms with E-state index in [4.69, 9.17) is 33.3 Å². The Labute approximate surface area is 122 Å². The standard InChI is InChI=1S/C15H13ClO2S/c1-11(19)17-10-12-2-6-14(7-3-12)18-15-8-4-13(16)5-9-15/h2-9H,10H2,1H3. The second-order valence-corrected chi connectivity index (χ2v) is 4.99. The van der Waals surface area contributed by atoms with E-state index in [-0.39, 0.29) is 0 Å². The predicted octanol–water partition coefficient (Wildman–Crippen LogP) is 5.00. The molecule has 98 valence electrons. The number of rotatable bonds is 4. The van der Waals surface area contributed by atoms with Crippen molar-refractivity contribution in [3.8, 4) is 11.5 Å². The van der Waals surface area contributed by atoms with Crippen LogP contribution < -0.4 is 4.74 Å². The molecule has 2 rings (SSSR count). The van der Waals surface area contributed by atoms with Crippen LogP contribution in [0, 0.1) is 0 Å². The minimum absolute atomic E-state index is 0.483. The Bertz CT molecular complexity index is 549. The molecule has 0 bridgehead atoms. The fourth-order valence-electron chi connectivity index (χ4n) is 1.48. The van der Waals surface area contributed by atoms with Gasteiger partial charge in [0.25, 0.3) is 0 Å². The molecular formula is C15H13ClO2S. The van der Waals surface area contributed by atoms with Crippen molar-refractivity contribution in [1.82, 2.24) is 0 Å². The van der Waals surface area contributed by atoms with Gasteiger partial charge in [-0.05, 0) is 54.2 Å². The van der Waals surface area contributed by atoms with Crippen LogP contribution in [0.5, 0.6) is 11.5 Å². The zero-order valence-electron chi connectivity index (χ0n) is 10.4. The van der Waals surface area contributed by atoms with Gasteiger partial charge in [-0.1, -0.05) is 23.7 Å². The van der Waals surface area contributed by atoms with Gasteiger partial charge in [0, 0.05) is 11.9 Å². The van der Waals surface area contributed by atoms with Crippen LogP contribution in [0.3, 0.4) is 0 Å². The van der Waals surface area contributed by atoms with Crippen molar-refractivity contribution >= 4 is 28.9 Å².